The van der Waals surface area contributed by atoms with Gasteiger partial charge in [-0.15, -0.1) is 11.3 Å². The first kappa shape index (κ1) is 16.0. The van der Waals surface area contributed by atoms with Crippen LogP contribution in [0.15, 0.2) is 16.4 Å². The van der Waals surface area contributed by atoms with Crippen LogP contribution in [-0.4, -0.2) is 21.3 Å². The number of hydrogen-bond acceptors (Lipinski definition) is 5. The molecule has 2 rings (SSSR count). The molecule has 0 spiro atoms. The van der Waals surface area contributed by atoms with E-state index in [2.05, 4.69) is 15.4 Å². The fourth-order valence-corrected chi connectivity index (χ4v) is 2.87. The molecular formula is C14H19ClN4OS. The van der Waals surface area contributed by atoms with Crippen molar-refractivity contribution < 1.29 is 0 Å². The standard InChI is InChI=1S/C14H19ClN4OS/c1-9(2)7-19-14(20)13(15)11(6-17-19)16-5-4-12-18-10(3)8-21-12/h6,8-9,16H,4-5,7H2,1-3H3. The summed E-state index contributed by atoms with van der Waals surface area (Å²) < 4.78 is 1.41. The highest BCUT2D eigenvalue weighted by Gasteiger charge is 2.10. The average molecular weight is 327 g/mol. The highest BCUT2D eigenvalue weighted by atomic mass is 35.5. The van der Waals surface area contributed by atoms with E-state index in [9.17, 15) is 4.79 Å². The van der Waals surface area contributed by atoms with Gasteiger partial charge in [0, 0.05) is 30.6 Å². The summed E-state index contributed by atoms with van der Waals surface area (Å²) in [6.45, 7) is 7.27. The van der Waals surface area contributed by atoms with Crippen LogP contribution < -0.4 is 10.9 Å². The maximum absolute atomic E-state index is 12.1. The highest BCUT2D eigenvalue weighted by molar-refractivity contribution is 7.09. The molecule has 0 aromatic carbocycles. The number of thiazole rings is 1. The summed E-state index contributed by atoms with van der Waals surface area (Å²) in [5.74, 6) is 0.346. The molecule has 0 aliphatic rings. The van der Waals surface area contributed by atoms with Crippen LogP contribution in [0.1, 0.15) is 24.5 Å². The van der Waals surface area contributed by atoms with Crippen molar-refractivity contribution >= 4 is 28.6 Å². The number of rotatable bonds is 6. The van der Waals surface area contributed by atoms with Gasteiger partial charge in [-0.25, -0.2) is 9.67 Å². The fraction of sp³-hybridized carbons (Fsp3) is 0.500. The Morgan fingerprint density at radius 2 is 2.24 bits per heavy atom. The molecule has 0 amide bonds. The van der Waals surface area contributed by atoms with Gasteiger partial charge in [0.1, 0.15) is 5.02 Å². The minimum Gasteiger partial charge on any atom is -0.382 e. The molecule has 0 radical (unpaired) electrons. The average Bonchev–Trinajstić information content (AvgIpc) is 2.83. The first-order chi connectivity index (χ1) is 9.97. The molecule has 2 heterocycles. The van der Waals surface area contributed by atoms with Gasteiger partial charge >= 0.3 is 0 Å². The van der Waals surface area contributed by atoms with E-state index < -0.39 is 0 Å². The van der Waals surface area contributed by atoms with Gasteiger partial charge in [0.15, 0.2) is 0 Å². The molecule has 0 saturated heterocycles. The SMILES string of the molecule is Cc1csc(CCNc2cnn(CC(C)C)c(=O)c2Cl)n1. The summed E-state index contributed by atoms with van der Waals surface area (Å²) in [6.07, 6.45) is 2.41. The second kappa shape index (κ2) is 7.04. The Kier molecular flexibility index (Phi) is 5.36. The minimum absolute atomic E-state index is 0.195. The Hall–Kier alpha value is -1.40. The first-order valence-electron chi connectivity index (χ1n) is 6.88. The van der Waals surface area contributed by atoms with E-state index in [1.165, 1.54) is 4.68 Å². The number of halogens is 1. The Morgan fingerprint density at radius 3 is 2.86 bits per heavy atom. The molecule has 0 aliphatic heterocycles. The lowest BCUT2D eigenvalue weighted by molar-refractivity contribution is 0.464. The molecule has 21 heavy (non-hydrogen) atoms. The smallest absolute Gasteiger partial charge is 0.287 e. The first-order valence-corrected chi connectivity index (χ1v) is 8.13. The minimum atomic E-state index is -0.250. The van der Waals surface area contributed by atoms with Crippen molar-refractivity contribution in [3.63, 3.8) is 0 Å². The second-order valence-corrected chi connectivity index (χ2v) is 6.63. The van der Waals surface area contributed by atoms with Crippen molar-refractivity contribution in [2.24, 2.45) is 5.92 Å². The monoisotopic (exact) mass is 326 g/mol. The predicted molar refractivity (Wildman–Crippen MR) is 87.4 cm³/mol. The zero-order valence-electron chi connectivity index (χ0n) is 12.4. The van der Waals surface area contributed by atoms with Gasteiger partial charge in [-0.05, 0) is 12.8 Å². The maximum atomic E-state index is 12.1. The van der Waals surface area contributed by atoms with Crippen molar-refractivity contribution in [2.75, 3.05) is 11.9 Å². The lowest BCUT2D eigenvalue weighted by Gasteiger charge is -2.11. The molecule has 0 atom stereocenters. The molecular weight excluding hydrogens is 308 g/mol. The molecule has 1 N–H and O–H groups in total. The quantitative estimate of drug-likeness (QED) is 0.886. The van der Waals surface area contributed by atoms with Crippen molar-refractivity contribution in [1.82, 2.24) is 14.8 Å². The van der Waals surface area contributed by atoms with E-state index >= 15 is 0 Å². The highest BCUT2D eigenvalue weighted by Crippen LogP contribution is 2.16. The third-order valence-corrected chi connectivity index (χ3v) is 4.24. The number of nitrogens with zero attached hydrogens (tertiary/aromatic N) is 3. The van der Waals surface area contributed by atoms with E-state index in [1.54, 1.807) is 17.5 Å². The van der Waals surface area contributed by atoms with Gasteiger partial charge < -0.3 is 5.32 Å². The molecule has 7 heteroatoms. The number of nitrogens with one attached hydrogen (secondary N) is 1. The molecule has 0 bridgehead atoms. The summed E-state index contributed by atoms with van der Waals surface area (Å²) in [5.41, 5.74) is 1.36. The molecule has 0 saturated carbocycles. The van der Waals surface area contributed by atoms with Crippen molar-refractivity contribution in [3.8, 4) is 0 Å². The number of aryl methyl sites for hydroxylation is 1. The predicted octanol–water partition coefficient (Wildman–Crippen LogP) is 2.97. The Labute approximate surface area is 133 Å². The van der Waals surface area contributed by atoms with E-state index in [1.807, 2.05) is 26.2 Å². The van der Waals surface area contributed by atoms with Crippen molar-refractivity contribution in [3.05, 3.63) is 37.7 Å². The summed E-state index contributed by atoms with van der Waals surface area (Å²) in [6, 6.07) is 0. The second-order valence-electron chi connectivity index (χ2n) is 5.31. The third kappa shape index (κ3) is 4.28. The van der Waals surface area contributed by atoms with E-state index in [-0.39, 0.29) is 10.6 Å². The Morgan fingerprint density at radius 1 is 1.48 bits per heavy atom. The van der Waals surface area contributed by atoms with E-state index in [4.69, 9.17) is 11.6 Å². The van der Waals surface area contributed by atoms with Crippen LogP contribution in [0.3, 0.4) is 0 Å². The molecule has 0 unspecified atom stereocenters. The Balaban J connectivity index is 2.00. The normalized spacial score (nSPS) is 11.1. The van der Waals surface area contributed by atoms with Crippen LogP contribution in [0.2, 0.25) is 5.02 Å². The molecule has 2 aromatic heterocycles. The lowest BCUT2D eigenvalue weighted by atomic mass is 10.2. The summed E-state index contributed by atoms with van der Waals surface area (Å²) in [4.78, 5) is 16.5. The van der Waals surface area contributed by atoms with Gasteiger partial charge in [0.2, 0.25) is 0 Å². The number of aromatic nitrogens is 3. The van der Waals surface area contributed by atoms with Gasteiger partial charge in [0.25, 0.3) is 5.56 Å². The molecule has 114 valence electrons. The number of hydrogen-bond donors (Lipinski definition) is 1. The summed E-state index contributed by atoms with van der Waals surface area (Å²) in [7, 11) is 0. The number of anilines is 1. The lowest BCUT2D eigenvalue weighted by Crippen LogP contribution is -2.26. The van der Waals surface area contributed by atoms with Gasteiger partial charge in [-0.2, -0.15) is 5.10 Å². The Bertz CT molecular complexity index is 665. The maximum Gasteiger partial charge on any atom is 0.287 e. The molecule has 5 nitrogen and oxygen atoms in total. The molecule has 0 aliphatic carbocycles. The topological polar surface area (TPSA) is 59.8 Å². The zero-order valence-corrected chi connectivity index (χ0v) is 14.0. The van der Waals surface area contributed by atoms with Crippen LogP contribution in [0.4, 0.5) is 5.69 Å². The van der Waals surface area contributed by atoms with E-state index in [0.717, 1.165) is 17.1 Å². The largest absolute Gasteiger partial charge is 0.382 e. The fourth-order valence-electron chi connectivity index (χ4n) is 1.89. The third-order valence-electron chi connectivity index (χ3n) is 2.84. The van der Waals surface area contributed by atoms with Crippen LogP contribution >= 0.6 is 22.9 Å². The van der Waals surface area contributed by atoms with Gasteiger partial charge in [-0.3, -0.25) is 4.79 Å². The molecule has 2 aromatic rings. The van der Waals surface area contributed by atoms with Crippen LogP contribution in [-0.2, 0) is 13.0 Å². The zero-order chi connectivity index (χ0) is 15.4. The van der Waals surface area contributed by atoms with Crippen molar-refractivity contribution in [2.45, 2.75) is 33.7 Å². The van der Waals surface area contributed by atoms with Gasteiger partial charge in [-0.1, -0.05) is 25.4 Å². The van der Waals surface area contributed by atoms with Gasteiger partial charge in [0.05, 0.1) is 16.9 Å². The van der Waals surface area contributed by atoms with Crippen LogP contribution in [0.5, 0.6) is 0 Å². The molecule has 0 fully saturated rings. The summed E-state index contributed by atoms with van der Waals surface area (Å²) >= 11 is 7.75. The van der Waals surface area contributed by atoms with Crippen molar-refractivity contribution in [1.29, 1.82) is 0 Å². The summed E-state index contributed by atoms with van der Waals surface area (Å²) in [5, 5.41) is 10.6. The van der Waals surface area contributed by atoms with Crippen LogP contribution in [0, 0.1) is 12.8 Å². The van der Waals surface area contributed by atoms with Crippen LogP contribution in [0.25, 0.3) is 0 Å². The van der Waals surface area contributed by atoms with E-state index in [0.29, 0.717) is 24.7 Å².